The zero-order valence-electron chi connectivity index (χ0n) is 19.6. The summed E-state index contributed by atoms with van der Waals surface area (Å²) in [5, 5.41) is 12.4. The van der Waals surface area contributed by atoms with E-state index in [0.717, 1.165) is 5.75 Å². The number of rotatable bonds is 4. The predicted octanol–water partition coefficient (Wildman–Crippen LogP) is 3.92. The number of thioether (sulfide) groups is 1. The van der Waals surface area contributed by atoms with Crippen molar-refractivity contribution in [2.45, 2.75) is 43.5 Å². The molecule has 7 heteroatoms. The number of benzene rings is 2. The molecule has 0 bridgehead atoms. The number of aromatic nitrogens is 1. The summed E-state index contributed by atoms with van der Waals surface area (Å²) in [6.45, 7) is 5.88. The summed E-state index contributed by atoms with van der Waals surface area (Å²) in [5.41, 5.74) is 4.22. The first kappa shape index (κ1) is 22.7. The van der Waals surface area contributed by atoms with E-state index in [2.05, 4.69) is 53.5 Å². The third-order valence-electron chi connectivity index (χ3n) is 6.96. The molecule has 2 aliphatic rings. The second kappa shape index (κ2) is 8.96. The molecule has 2 aromatic carbocycles. The van der Waals surface area contributed by atoms with Gasteiger partial charge < -0.3 is 10.0 Å². The van der Waals surface area contributed by atoms with Crippen LogP contribution in [-0.4, -0.2) is 39.9 Å². The molecule has 6 nitrogen and oxygen atoms in total. The topological polar surface area (TPSA) is 65.8 Å². The summed E-state index contributed by atoms with van der Waals surface area (Å²) < 4.78 is 1.86. The zero-order valence-corrected chi connectivity index (χ0v) is 20.5. The van der Waals surface area contributed by atoms with Crippen LogP contribution >= 0.6 is 11.8 Å². The van der Waals surface area contributed by atoms with Crippen molar-refractivity contribution < 1.29 is 9.90 Å². The van der Waals surface area contributed by atoms with Gasteiger partial charge in [-0.15, -0.1) is 11.8 Å². The fourth-order valence-corrected chi connectivity index (χ4v) is 6.16. The Bertz CT molecular complexity index is 1250. The first-order valence-electron chi connectivity index (χ1n) is 11.6. The van der Waals surface area contributed by atoms with Crippen LogP contribution in [-0.2, 0) is 5.75 Å². The van der Waals surface area contributed by atoms with Crippen LogP contribution in [0.25, 0.3) is 0 Å². The van der Waals surface area contributed by atoms with Crippen molar-refractivity contribution in [3.8, 4) is 0 Å². The number of fused-ring (bicyclic) bond motifs is 3. The van der Waals surface area contributed by atoms with Gasteiger partial charge in [0.1, 0.15) is 12.4 Å². The average Bonchev–Trinajstić information content (AvgIpc) is 3.00. The summed E-state index contributed by atoms with van der Waals surface area (Å²) in [6, 6.07) is 17.9. The maximum absolute atomic E-state index is 13.7. The molecule has 0 aliphatic carbocycles. The Balaban J connectivity index is 1.77. The van der Waals surface area contributed by atoms with Gasteiger partial charge in [-0.2, -0.15) is 0 Å². The van der Waals surface area contributed by atoms with Gasteiger partial charge in [0.25, 0.3) is 5.91 Å². The Morgan fingerprint density at radius 3 is 2.47 bits per heavy atom. The van der Waals surface area contributed by atoms with Gasteiger partial charge in [-0.1, -0.05) is 56.3 Å². The molecule has 0 saturated carbocycles. The predicted molar refractivity (Wildman–Crippen MR) is 135 cm³/mol. The van der Waals surface area contributed by atoms with Crippen LogP contribution in [0.2, 0.25) is 0 Å². The van der Waals surface area contributed by atoms with Crippen LogP contribution in [0.3, 0.4) is 0 Å². The molecule has 2 unspecified atom stereocenters. The molecule has 1 aromatic heterocycles. The molecule has 0 saturated heterocycles. The summed E-state index contributed by atoms with van der Waals surface area (Å²) in [4.78, 5) is 29.2. The third kappa shape index (κ3) is 3.63. The number of carbonyl (C=O) groups is 1. The van der Waals surface area contributed by atoms with Crippen LogP contribution in [0.15, 0.2) is 70.5 Å². The lowest BCUT2D eigenvalue weighted by atomic mass is 9.94. The number of aliphatic hydroxyl groups is 1. The molecule has 3 aromatic rings. The lowest BCUT2D eigenvalue weighted by molar-refractivity contribution is 0.0412. The molecule has 3 heterocycles. The first-order chi connectivity index (χ1) is 16.4. The minimum atomic E-state index is -0.357. The Kier molecular flexibility index (Phi) is 6.00. The van der Waals surface area contributed by atoms with Gasteiger partial charge in [-0.3, -0.25) is 19.3 Å². The van der Waals surface area contributed by atoms with Crippen molar-refractivity contribution in [2.24, 2.45) is 5.92 Å². The molecule has 0 spiro atoms. The van der Waals surface area contributed by atoms with Crippen molar-refractivity contribution in [1.82, 2.24) is 9.58 Å². The number of pyridine rings is 1. The van der Waals surface area contributed by atoms with Gasteiger partial charge in [0.05, 0.1) is 18.7 Å². The number of nitrogens with zero attached hydrogens (tertiary/aromatic N) is 3. The van der Waals surface area contributed by atoms with E-state index in [1.54, 1.807) is 18.0 Å². The maximum atomic E-state index is 13.7. The molecule has 1 amide bonds. The Morgan fingerprint density at radius 1 is 1.03 bits per heavy atom. The summed E-state index contributed by atoms with van der Waals surface area (Å²) in [5.74, 6) is 0.702. The number of amides is 1. The van der Waals surface area contributed by atoms with E-state index < -0.39 is 0 Å². The van der Waals surface area contributed by atoms with Crippen molar-refractivity contribution in [3.63, 3.8) is 0 Å². The van der Waals surface area contributed by atoms with Gasteiger partial charge in [-0.05, 0) is 35.6 Å². The van der Waals surface area contributed by atoms with E-state index >= 15 is 0 Å². The van der Waals surface area contributed by atoms with Crippen LogP contribution in [0.1, 0.15) is 52.6 Å². The fourth-order valence-electron chi connectivity index (χ4n) is 5.07. The molecule has 1 N–H and O–H groups in total. The van der Waals surface area contributed by atoms with E-state index in [4.69, 9.17) is 0 Å². The fraction of sp³-hybridized carbons (Fsp3) is 0.333. The molecule has 2 atom stereocenters. The van der Waals surface area contributed by atoms with E-state index in [-0.39, 0.29) is 35.9 Å². The lowest BCUT2D eigenvalue weighted by Gasteiger charge is -2.47. The smallest absolute Gasteiger partial charge is 0.274 e. The molecule has 5 rings (SSSR count). The van der Waals surface area contributed by atoms with E-state index in [1.807, 2.05) is 30.3 Å². The Morgan fingerprint density at radius 2 is 1.74 bits per heavy atom. The highest BCUT2D eigenvalue weighted by atomic mass is 32.2. The monoisotopic (exact) mass is 475 g/mol. The summed E-state index contributed by atoms with van der Waals surface area (Å²) >= 11 is 1.82. The zero-order chi connectivity index (χ0) is 24.0. The van der Waals surface area contributed by atoms with Crippen molar-refractivity contribution in [2.75, 3.05) is 18.3 Å². The SMILES string of the molecule is Cc1c2n(ccc1=O)N(C1c3ccccc3CSc3ccccc31)CN(C(CO)C(C)C)C2=O. The highest BCUT2D eigenvalue weighted by molar-refractivity contribution is 7.98. The molecular weight excluding hydrogens is 446 g/mol. The second-order valence-electron chi connectivity index (χ2n) is 9.28. The van der Waals surface area contributed by atoms with E-state index in [1.165, 1.54) is 27.7 Å². The summed E-state index contributed by atoms with van der Waals surface area (Å²) in [7, 11) is 0. The van der Waals surface area contributed by atoms with Gasteiger partial charge >= 0.3 is 0 Å². The van der Waals surface area contributed by atoms with Gasteiger partial charge in [0.15, 0.2) is 5.43 Å². The van der Waals surface area contributed by atoms with Crippen LogP contribution in [0.5, 0.6) is 0 Å². The maximum Gasteiger partial charge on any atom is 0.274 e. The number of aliphatic hydroxyl groups excluding tert-OH is 1. The molecule has 0 radical (unpaired) electrons. The minimum Gasteiger partial charge on any atom is -0.394 e. The lowest BCUT2D eigenvalue weighted by Crippen LogP contribution is -2.60. The molecule has 34 heavy (non-hydrogen) atoms. The number of hydrogen-bond donors (Lipinski definition) is 1. The van der Waals surface area contributed by atoms with E-state index in [9.17, 15) is 14.7 Å². The standard InChI is InChI=1S/C27H29N3O3S/c1-17(2)22(14-31)28-16-30(29-13-12-23(32)18(3)25(29)27(28)33)26-20-9-5-4-8-19(20)15-34-24-11-7-6-10-21(24)26/h4-13,17,22,26,31H,14-16H2,1-3H3. The van der Waals surface area contributed by atoms with Crippen molar-refractivity contribution >= 4 is 17.7 Å². The van der Waals surface area contributed by atoms with Gasteiger partial charge in [0.2, 0.25) is 0 Å². The van der Waals surface area contributed by atoms with Crippen LogP contribution in [0, 0.1) is 12.8 Å². The van der Waals surface area contributed by atoms with E-state index in [0.29, 0.717) is 17.9 Å². The number of hydrogen-bond acceptors (Lipinski definition) is 5. The van der Waals surface area contributed by atoms with Crippen LogP contribution in [0.4, 0.5) is 0 Å². The normalized spacial score (nSPS) is 18.3. The van der Waals surface area contributed by atoms with Crippen LogP contribution < -0.4 is 10.4 Å². The third-order valence-corrected chi connectivity index (χ3v) is 8.10. The first-order valence-corrected chi connectivity index (χ1v) is 12.6. The quantitative estimate of drug-likeness (QED) is 0.620. The highest BCUT2D eigenvalue weighted by Crippen LogP contribution is 2.42. The molecular formula is C27H29N3O3S. The minimum absolute atomic E-state index is 0.0577. The number of carbonyl (C=O) groups excluding carboxylic acids is 1. The Labute approximate surface area is 203 Å². The second-order valence-corrected chi connectivity index (χ2v) is 10.3. The van der Waals surface area contributed by atoms with Gasteiger partial charge in [0, 0.05) is 28.5 Å². The average molecular weight is 476 g/mol. The molecule has 0 fully saturated rings. The Hall–Kier alpha value is -3.03. The molecule has 176 valence electrons. The van der Waals surface area contributed by atoms with Crippen molar-refractivity contribution in [1.29, 1.82) is 0 Å². The largest absolute Gasteiger partial charge is 0.394 e. The van der Waals surface area contributed by atoms with Crippen molar-refractivity contribution in [3.05, 3.63) is 99.0 Å². The molecule has 2 aliphatic heterocycles. The summed E-state index contributed by atoms with van der Waals surface area (Å²) in [6.07, 6.45) is 1.71. The highest BCUT2D eigenvalue weighted by Gasteiger charge is 2.40. The van der Waals surface area contributed by atoms with Gasteiger partial charge in [-0.25, -0.2) is 0 Å².